The van der Waals surface area contributed by atoms with E-state index >= 15 is 0 Å². The van der Waals surface area contributed by atoms with Gasteiger partial charge in [-0.1, -0.05) is 26.7 Å². The molecular weight excluding hydrogens is 266 g/mol. The van der Waals surface area contributed by atoms with Crippen LogP contribution in [0.2, 0.25) is 0 Å². The summed E-state index contributed by atoms with van der Waals surface area (Å²) in [6, 6.07) is -0.547. The van der Waals surface area contributed by atoms with Crippen molar-refractivity contribution >= 4 is 24.2 Å². The van der Waals surface area contributed by atoms with Gasteiger partial charge in [0, 0.05) is 13.6 Å². The van der Waals surface area contributed by atoms with Gasteiger partial charge in [0.15, 0.2) is 0 Å². The summed E-state index contributed by atoms with van der Waals surface area (Å²) in [7, 11) is 1.78. The predicted octanol–water partition coefficient (Wildman–Crippen LogP) is 0.766. The molecule has 1 aliphatic carbocycles. The van der Waals surface area contributed by atoms with E-state index in [1.807, 2.05) is 13.8 Å². The molecule has 1 atom stereocenters. The van der Waals surface area contributed by atoms with Gasteiger partial charge in [0.05, 0.1) is 12.6 Å². The van der Waals surface area contributed by atoms with Gasteiger partial charge in [-0.2, -0.15) is 0 Å². The van der Waals surface area contributed by atoms with Crippen molar-refractivity contribution in [3.05, 3.63) is 0 Å². The number of hydrogen-bond acceptors (Lipinski definition) is 3. The molecule has 5 nitrogen and oxygen atoms in total. The van der Waals surface area contributed by atoms with Crippen molar-refractivity contribution < 1.29 is 9.59 Å². The second kappa shape index (κ2) is 8.38. The molecule has 0 unspecified atom stereocenters. The molecule has 1 rings (SSSR count). The summed E-state index contributed by atoms with van der Waals surface area (Å²) in [6.45, 7) is 4.58. The Morgan fingerprint density at radius 1 is 1.37 bits per heavy atom. The van der Waals surface area contributed by atoms with Crippen LogP contribution in [0.1, 0.15) is 33.1 Å². The minimum atomic E-state index is -0.547. The second-order valence-corrected chi connectivity index (χ2v) is 5.53. The lowest BCUT2D eigenvalue weighted by molar-refractivity contribution is -0.132. The van der Waals surface area contributed by atoms with Gasteiger partial charge in [0.1, 0.15) is 0 Å². The number of carbonyl (C=O) groups excluding carboxylic acids is 2. The molecule has 0 aromatic heterocycles. The molecule has 1 aliphatic rings. The van der Waals surface area contributed by atoms with Crippen LogP contribution < -0.4 is 11.1 Å². The average molecular weight is 292 g/mol. The van der Waals surface area contributed by atoms with Crippen LogP contribution in [0.3, 0.4) is 0 Å². The quantitative estimate of drug-likeness (QED) is 0.727. The van der Waals surface area contributed by atoms with Gasteiger partial charge >= 0.3 is 0 Å². The zero-order valence-corrected chi connectivity index (χ0v) is 12.8. The monoisotopic (exact) mass is 291 g/mol. The minimum absolute atomic E-state index is 0. The Hall–Kier alpha value is -0.810. The third kappa shape index (κ3) is 6.78. The van der Waals surface area contributed by atoms with Crippen molar-refractivity contribution in [2.24, 2.45) is 17.6 Å². The smallest absolute Gasteiger partial charge is 0.241 e. The largest absolute Gasteiger partial charge is 0.346 e. The summed E-state index contributed by atoms with van der Waals surface area (Å²) in [5.41, 5.74) is 5.69. The van der Waals surface area contributed by atoms with E-state index in [4.69, 9.17) is 5.73 Å². The summed E-state index contributed by atoms with van der Waals surface area (Å²) in [5.74, 6) is 0.575. The Bertz CT molecular complexity index is 306. The number of rotatable bonds is 7. The summed E-state index contributed by atoms with van der Waals surface area (Å²) in [6.07, 6.45) is 3.66. The van der Waals surface area contributed by atoms with Crippen LogP contribution >= 0.6 is 12.4 Å². The zero-order valence-electron chi connectivity index (χ0n) is 12.0. The van der Waals surface area contributed by atoms with Crippen LogP contribution in [0, 0.1) is 11.8 Å². The molecule has 112 valence electrons. The maximum atomic E-state index is 11.7. The van der Waals surface area contributed by atoms with E-state index in [1.54, 1.807) is 11.9 Å². The zero-order chi connectivity index (χ0) is 13.7. The van der Waals surface area contributed by atoms with E-state index in [9.17, 15) is 9.59 Å². The Morgan fingerprint density at radius 2 is 1.95 bits per heavy atom. The molecule has 0 bridgehead atoms. The topological polar surface area (TPSA) is 75.4 Å². The normalized spacial score (nSPS) is 15.6. The lowest BCUT2D eigenvalue weighted by Gasteiger charge is -2.19. The fourth-order valence-electron chi connectivity index (χ4n) is 1.63. The highest BCUT2D eigenvalue weighted by atomic mass is 35.5. The number of nitrogens with one attached hydrogen (secondary N) is 1. The summed E-state index contributed by atoms with van der Waals surface area (Å²) >= 11 is 0. The summed E-state index contributed by atoms with van der Waals surface area (Å²) < 4.78 is 0. The molecule has 1 saturated carbocycles. The van der Waals surface area contributed by atoms with Crippen LogP contribution in [-0.4, -0.2) is 42.9 Å². The number of hydrogen-bond donors (Lipinski definition) is 2. The molecule has 0 radical (unpaired) electrons. The maximum absolute atomic E-state index is 11.7. The number of nitrogens with two attached hydrogens (primary N) is 1. The maximum Gasteiger partial charge on any atom is 0.241 e. The molecule has 19 heavy (non-hydrogen) atoms. The van der Waals surface area contributed by atoms with Crippen molar-refractivity contribution in [2.75, 3.05) is 20.1 Å². The number of nitrogens with zero attached hydrogens (tertiary/aromatic N) is 1. The summed E-state index contributed by atoms with van der Waals surface area (Å²) in [5, 5.41) is 2.59. The highest BCUT2D eigenvalue weighted by Gasteiger charge is 2.22. The van der Waals surface area contributed by atoms with Gasteiger partial charge in [-0.25, -0.2) is 0 Å². The van der Waals surface area contributed by atoms with E-state index < -0.39 is 6.04 Å². The number of carbonyl (C=O) groups is 2. The first-order valence-corrected chi connectivity index (χ1v) is 6.69. The van der Waals surface area contributed by atoms with E-state index in [1.165, 1.54) is 12.8 Å². The molecule has 0 saturated heterocycles. The van der Waals surface area contributed by atoms with Crippen molar-refractivity contribution in [1.82, 2.24) is 10.2 Å². The summed E-state index contributed by atoms with van der Waals surface area (Å²) in [4.78, 5) is 25.0. The van der Waals surface area contributed by atoms with Crippen molar-refractivity contribution in [3.63, 3.8) is 0 Å². The third-order valence-electron chi connectivity index (χ3n) is 3.43. The Kier molecular flexibility index (Phi) is 8.02. The first-order chi connectivity index (χ1) is 8.41. The van der Waals surface area contributed by atoms with Gasteiger partial charge in [-0.15, -0.1) is 12.4 Å². The molecular formula is C13H26ClN3O2. The Morgan fingerprint density at radius 3 is 2.42 bits per heavy atom. The van der Waals surface area contributed by atoms with Crippen LogP contribution in [0.25, 0.3) is 0 Å². The third-order valence-corrected chi connectivity index (χ3v) is 3.43. The first kappa shape index (κ1) is 18.2. The van der Waals surface area contributed by atoms with E-state index in [-0.39, 0.29) is 36.7 Å². The van der Waals surface area contributed by atoms with Crippen LogP contribution in [0.15, 0.2) is 0 Å². The van der Waals surface area contributed by atoms with Crippen LogP contribution in [0.5, 0.6) is 0 Å². The Balaban J connectivity index is 0.00000324. The molecule has 0 spiro atoms. The number of likely N-dealkylation sites (N-methyl/N-ethyl adjacent to an activating group) is 1. The number of amides is 2. The van der Waals surface area contributed by atoms with E-state index in [0.29, 0.717) is 0 Å². The van der Waals surface area contributed by atoms with Gasteiger partial charge in [-0.05, 0) is 18.3 Å². The fraction of sp³-hybridized carbons (Fsp3) is 0.846. The van der Waals surface area contributed by atoms with Crippen molar-refractivity contribution in [2.45, 2.75) is 39.2 Å². The van der Waals surface area contributed by atoms with Crippen LogP contribution in [0.4, 0.5) is 0 Å². The molecule has 1 fully saturated rings. The molecule has 6 heteroatoms. The van der Waals surface area contributed by atoms with E-state index in [2.05, 4.69) is 5.32 Å². The van der Waals surface area contributed by atoms with Gasteiger partial charge in [-0.3, -0.25) is 9.59 Å². The molecule has 0 aliphatic heterocycles. The highest BCUT2D eigenvalue weighted by molar-refractivity contribution is 5.87. The second-order valence-electron chi connectivity index (χ2n) is 5.53. The average Bonchev–Trinajstić information content (AvgIpc) is 3.15. The molecule has 3 N–H and O–H groups in total. The van der Waals surface area contributed by atoms with Crippen molar-refractivity contribution in [1.29, 1.82) is 0 Å². The predicted molar refractivity (Wildman–Crippen MR) is 78.0 cm³/mol. The molecule has 2 amide bonds. The van der Waals surface area contributed by atoms with E-state index in [0.717, 1.165) is 18.9 Å². The SMILES string of the molecule is CC(C)[C@H](N)C(=O)NCC(=O)N(C)CCC1CC1.Cl. The lowest BCUT2D eigenvalue weighted by Crippen LogP contribution is -2.47. The van der Waals surface area contributed by atoms with Crippen molar-refractivity contribution in [3.8, 4) is 0 Å². The Labute approximate surface area is 121 Å². The lowest BCUT2D eigenvalue weighted by atomic mass is 10.1. The first-order valence-electron chi connectivity index (χ1n) is 6.69. The van der Waals surface area contributed by atoms with Gasteiger partial charge in [0.2, 0.25) is 11.8 Å². The standard InChI is InChI=1S/C13H25N3O2.ClH/c1-9(2)12(14)13(18)15-8-11(17)16(3)7-6-10-4-5-10;/h9-10,12H,4-8,14H2,1-3H3,(H,15,18);1H/t12-;/m0./s1. The fourth-order valence-corrected chi connectivity index (χ4v) is 1.63. The van der Waals surface area contributed by atoms with Gasteiger partial charge in [0.25, 0.3) is 0 Å². The molecule has 0 aromatic rings. The minimum Gasteiger partial charge on any atom is -0.346 e. The van der Waals surface area contributed by atoms with Crippen LogP contribution in [-0.2, 0) is 9.59 Å². The van der Waals surface area contributed by atoms with Gasteiger partial charge < -0.3 is 16.0 Å². The highest BCUT2D eigenvalue weighted by Crippen LogP contribution is 2.32. The number of halogens is 1. The molecule has 0 heterocycles. The molecule has 0 aromatic carbocycles.